The Morgan fingerprint density at radius 2 is 2.00 bits per heavy atom. The van der Waals surface area contributed by atoms with E-state index in [-0.39, 0.29) is 27.9 Å². The van der Waals surface area contributed by atoms with Crippen molar-refractivity contribution in [3.8, 4) is 0 Å². The molecule has 1 amide bonds. The number of rotatable bonds is 6. The average molecular weight is 409 g/mol. The van der Waals surface area contributed by atoms with Gasteiger partial charge >= 0.3 is 0 Å². The van der Waals surface area contributed by atoms with Gasteiger partial charge in [-0.05, 0) is 39.8 Å². The van der Waals surface area contributed by atoms with Crippen LogP contribution >= 0.6 is 11.3 Å². The number of sulfonamides is 1. The van der Waals surface area contributed by atoms with Crippen LogP contribution in [-0.2, 0) is 10.0 Å². The van der Waals surface area contributed by atoms with Gasteiger partial charge in [0.1, 0.15) is 15.4 Å². The second-order valence-corrected chi connectivity index (χ2v) is 8.52. The van der Waals surface area contributed by atoms with Gasteiger partial charge in [0.05, 0.1) is 5.69 Å². The Hall–Kier alpha value is -2.46. The Kier molecular flexibility index (Phi) is 5.20. The summed E-state index contributed by atoms with van der Waals surface area (Å²) in [4.78, 5) is 19.7. The smallest absolute Gasteiger partial charge is 0.267 e. The van der Waals surface area contributed by atoms with Crippen LogP contribution < -0.4 is 4.72 Å². The third-order valence-electron chi connectivity index (χ3n) is 4.18. The predicted molar refractivity (Wildman–Crippen MR) is 104 cm³/mol. The minimum Gasteiger partial charge on any atom is -0.360 e. The summed E-state index contributed by atoms with van der Waals surface area (Å²) in [6.07, 6.45) is 1.61. The second kappa shape index (κ2) is 7.28. The number of amides is 1. The highest BCUT2D eigenvalue weighted by atomic mass is 32.2. The van der Waals surface area contributed by atoms with Gasteiger partial charge in [0, 0.05) is 24.7 Å². The number of thiophene rings is 1. The molecule has 1 N–H and O–H groups in total. The first-order valence-electron chi connectivity index (χ1n) is 8.42. The van der Waals surface area contributed by atoms with E-state index in [1.54, 1.807) is 30.2 Å². The van der Waals surface area contributed by atoms with Crippen LogP contribution in [0.1, 0.15) is 35.0 Å². The molecule has 27 heavy (non-hydrogen) atoms. The Morgan fingerprint density at radius 1 is 1.30 bits per heavy atom. The fourth-order valence-electron chi connectivity index (χ4n) is 2.88. The van der Waals surface area contributed by atoms with E-state index in [9.17, 15) is 13.2 Å². The first kappa shape index (κ1) is 19.3. The summed E-state index contributed by atoms with van der Waals surface area (Å²) in [5.74, 6) is -0.0475. The van der Waals surface area contributed by atoms with E-state index in [1.165, 1.54) is 18.3 Å². The molecule has 0 aliphatic heterocycles. The minimum absolute atomic E-state index is 0.0213. The molecule has 0 bridgehead atoms. The third kappa shape index (κ3) is 3.42. The molecule has 0 aliphatic rings. The lowest BCUT2D eigenvalue weighted by atomic mass is 10.2. The lowest BCUT2D eigenvalue weighted by Gasteiger charge is -2.18. The Morgan fingerprint density at radius 3 is 2.59 bits per heavy atom. The van der Waals surface area contributed by atoms with Crippen LogP contribution in [0.4, 0.5) is 5.69 Å². The van der Waals surface area contributed by atoms with Gasteiger partial charge in [-0.3, -0.25) is 9.52 Å². The van der Waals surface area contributed by atoms with Crippen molar-refractivity contribution in [1.82, 2.24) is 15.0 Å². The van der Waals surface area contributed by atoms with Gasteiger partial charge in [-0.15, -0.1) is 11.3 Å². The summed E-state index contributed by atoms with van der Waals surface area (Å²) in [7, 11) is -3.99. The monoisotopic (exact) mass is 408 g/mol. The number of aryl methyl sites for hydroxylation is 2. The highest BCUT2D eigenvalue weighted by Crippen LogP contribution is 2.37. The molecule has 3 aromatic rings. The lowest BCUT2D eigenvalue weighted by molar-refractivity contribution is 0.0779. The van der Waals surface area contributed by atoms with Gasteiger partial charge in [0.25, 0.3) is 15.9 Å². The number of anilines is 1. The summed E-state index contributed by atoms with van der Waals surface area (Å²) in [5.41, 5.74) is 0.495. The van der Waals surface area contributed by atoms with E-state index in [0.717, 1.165) is 0 Å². The van der Waals surface area contributed by atoms with E-state index < -0.39 is 10.0 Å². The van der Waals surface area contributed by atoms with E-state index in [2.05, 4.69) is 14.9 Å². The topological polar surface area (TPSA) is 105 Å². The SMILES string of the molecule is CCN(CC)C(=O)c1sc2ncccc2c1NS(=O)(=O)c1c(C)noc1C. The molecule has 0 aromatic carbocycles. The zero-order valence-corrected chi connectivity index (χ0v) is 17.1. The quantitative estimate of drug-likeness (QED) is 0.671. The van der Waals surface area contributed by atoms with Gasteiger partial charge in [-0.25, -0.2) is 13.4 Å². The number of fused-ring (bicyclic) bond motifs is 1. The molecule has 0 saturated carbocycles. The van der Waals surface area contributed by atoms with Crippen molar-refractivity contribution in [2.45, 2.75) is 32.6 Å². The maximum atomic E-state index is 13.0. The third-order valence-corrected chi connectivity index (χ3v) is 6.88. The van der Waals surface area contributed by atoms with Crippen molar-refractivity contribution in [3.05, 3.63) is 34.7 Å². The molecular weight excluding hydrogens is 388 g/mol. The Labute approximate surface area is 161 Å². The number of hydrogen-bond acceptors (Lipinski definition) is 7. The molecule has 0 unspecified atom stereocenters. The van der Waals surface area contributed by atoms with Crippen LogP contribution in [0, 0.1) is 13.8 Å². The average Bonchev–Trinajstić information content (AvgIpc) is 3.16. The molecule has 8 nitrogen and oxygen atoms in total. The van der Waals surface area contributed by atoms with Crippen LogP contribution in [0.15, 0.2) is 27.7 Å². The molecule has 0 saturated heterocycles. The number of nitrogens with zero attached hydrogens (tertiary/aromatic N) is 3. The maximum absolute atomic E-state index is 13.0. The Bertz CT molecular complexity index is 1080. The van der Waals surface area contributed by atoms with Crippen molar-refractivity contribution in [2.24, 2.45) is 0 Å². The van der Waals surface area contributed by atoms with E-state index >= 15 is 0 Å². The molecule has 10 heteroatoms. The fourth-order valence-corrected chi connectivity index (χ4v) is 5.44. The minimum atomic E-state index is -3.99. The van der Waals surface area contributed by atoms with Gasteiger partial charge in [0.15, 0.2) is 10.7 Å². The first-order chi connectivity index (χ1) is 12.8. The summed E-state index contributed by atoms with van der Waals surface area (Å²) in [6, 6.07) is 3.44. The molecule has 144 valence electrons. The number of hydrogen-bond donors (Lipinski definition) is 1. The Balaban J connectivity index is 2.16. The zero-order chi connectivity index (χ0) is 19.8. The highest BCUT2D eigenvalue weighted by Gasteiger charge is 2.29. The van der Waals surface area contributed by atoms with Gasteiger partial charge in [0.2, 0.25) is 0 Å². The number of pyridine rings is 1. The standard InChI is InChI=1S/C17H20N4O4S2/c1-5-21(6-2)17(22)14-13(12-8-7-9-18-16(12)26-14)20-27(23,24)15-10(3)19-25-11(15)4/h7-9,20H,5-6H2,1-4H3. The number of nitrogens with one attached hydrogen (secondary N) is 1. The van der Waals surface area contributed by atoms with E-state index in [1.807, 2.05) is 13.8 Å². The number of aromatic nitrogens is 2. The van der Waals surface area contributed by atoms with Gasteiger partial charge in [-0.1, -0.05) is 5.16 Å². The predicted octanol–water partition coefficient (Wildman–Crippen LogP) is 3.18. The fraction of sp³-hybridized carbons (Fsp3) is 0.353. The summed E-state index contributed by atoms with van der Waals surface area (Å²) < 4.78 is 33.5. The van der Waals surface area contributed by atoms with Crippen molar-refractivity contribution < 1.29 is 17.7 Å². The van der Waals surface area contributed by atoms with Crippen molar-refractivity contribution in [1.29, 1.82) is 0 Å². The normalized spacial score (nSPS) is 11.7. The largest absolute Gasteiger partial charge is 0.360 e. The van der Waals surface area contributed by atoms with Crippen molar-refractivity contribution >= 4 is 43.2 Å². The van der Waals surface area contributed by atoms with Crippen molar-refractivity contribution in [3.63, 3.8) is 0 Å². The molecule has 0 aliphatic carbocycles. The number of carbonyl (C=O) groups is 1. The molecule has 3 heterocycles. The second-order valence-electron chi connectivity index (χ2n) is 5.90. The molecule has 0 spiro atoms. The maximum Gasteiger partial charge on any atom is 0.267 e. The molecular formula is C17H20N4O4S2. The van der Waals surface area contributed by atoms with Crippen LogP contribution in [0.25, 0.3) is 10.2 Å². The summed E-state index contributed by atoms with van der Waals surface area (Å²) >= 11 is 1.17. The molecule has 3 aromatic heterocycles. The highest BCUT2D eigenvalue weighted by molar-refractivity contribution is 7.92. The first-order valence-corrected chi connectivity index (χ1v) is 10.7. The molecule has 0 radical (unpaired) electrons. The summed E-state index contributed by atoms with van der Waals surface area (Å²) in [6.45, 7) is 7.88. The van der Waals surface area contributed by atoms with E-state index in [0.29, 0.717) is 28.2 Å². The molecule has 0 fully saturated rings. The summed E-state index contributed by atoms with van der Waals surface area (Å²) in [5, 5.41) is 4.28. The van der Waals surface area contributed by atoms with Gasteiger partial charge in [-0.2, -0.15) is 0 Å². The van der Waals surface area contributed by atoms with Crippen LogP contribution in [0.3, 0.4) is 0 Å². The molecule has 3 rings (SSSR count). The van der Waals surface area contributed by atoms with Crippen molar-refractivity contribution in [2.75, 3.05) is 17.8 Å². The zero-order valence-electron chi connectivity index (χ0n) is 15.4. The van der Waals surface area contributed by atoms with E-state index in [4.69, 9.17) is 4.52 Å². The van der Waals surface area contributed by atoms with Gasteiger partial charge < -0.3 is 9.42 Å². The molecule has 0 atom stereocenters. The van der Waals surface area contributed by atoms with Crippen LogP contribution in [0.5, 0.6) is 0 Å². The van der Waals surface area contributed by atoms with Crippen LogP contribution in [-0.4, -0.2) is 42.5 Å². The number of carbonyl (C=O) groups excluding carboxylic acids is 1. The lowest BCUT2D eigenvalue weighted by Crippen LogP contribution is -2.30. The van der Waals surface area contributed by atoms with Crippen LogP contribution in [0.2, 0.25) is 0 Å².